The Hall–Kier alpha value is -3.24. The van der Waals surface area contributed by atoms with Gasteiger partial charge in [0.1, 0.15) is 17.7 Å². The summed E-state index contributed by atoms with van der Waals surface area (Å²) in [6.45, 7) is 0. The maximum Gasteiger partial charge on any atom is 0.259 e. The number of aliphatic imine (C=N–C) groups is 1. The van der Waals surface area contributed by atoms with Crippen LogP contribution in [0.15, 0.2) is 77.9 Å². The molecule has 3 aromatic rings. The highest BCUT2D eigenvalue weighted by Crippen LogP contribution is 2.37. The van der Waals surface area contributed by atoms with Gasteiger partial charge in [0.15, 0.2) is 0 Å². The lowest BCUT2D eigenvalue weighted by Crippen LogP contribution is -2.38. The van der Waals surface area contributed by atoms with Gasteiger partial charge < -0.3 is 0 Å². The Labute approximate surface area is 167 Å². The summed E-state index contributed by atoms with van der Waals surface area (Å²) in [4.78, 5) is 24.2. The Kier molecular flexibility index (Phi) is 4.06. The number of anilines is 1. The number of halogens is 1. The average molecular weight is 386 g/mol. The number of pyridine rings is 1. The SMILES string of the molecule is O=C1C(Cc2ccccc2)N=C2C(c3ccc(Cl)cc3)=Cc3cccnc3N12. The predicted octanol–water partition coefficient (Wildman–Crippen LogP) is 4.65. The number of nitrogens with zero attached hydrogens (tertiary/aromatic N) is 3. The van der Waals surface area contributed by atoms with Gasteiger partial charge in [-0.1, -0.05) is 54.1 Å². The first-order chi connectivity index (χ1) is 13.7. The molecule has 0 saturated heterocycles. The lowest BCUT2D eigenvalue weighted by molar-refractivity contribution is -0.118. The zero-order valence-corrected chi connectivity index (χ0v) is 15.7. The van der Waals surface area contributed by atoms with Gasteiger partial charge >= 0.3 is 0 Å². The van der Waals surface area contributed by atoms with Crippen LogP contribution in [0.4, 0.5) is 5.82 Å². The predicted molar refractivity (Wildman–Crippen MR) is 112 cm³/mol. The molecule has 0 radical (unpaired) electrons. The van der Waals surface area contributed by atoms with Crippen molar-refractivity contribution in [3.8, 4) is 0 Å². The zero-order valence-electron chi connectivity index (χ0n) is 14.9. The number of carbonyl (C=O) groups excluding carboxylic acids is 1. The van der Waals surface area contributed by atoms with E-state index in [9.17, 15) is 4.79 Å². The molecule has 1 aromatic heterocycles. The molecule has 5 heteroatoms. The molecule has 0 spiro atoms. The van der Waals surface area contributed by atoms with Crippen LogP contribution in [-0.4, -0.2) is 22.8 Å². The van der Waals surface area contributed by atoms with Crippen LogP contribution in [0.25, 0.3) is 11.6 Å². The third-order valence-corrected chi connectivity index (χ3v) is 5.24. The summed E-state index contributed by atoms with van der Waals surface area (Å²) in [5.41, 5.74) is 3.86. The Morgan fingerprint density at radius 1 is 0.964 bits per heavy atom. The third kappa shape index (κ3) is 2.83. The van der Waals surface area contributed by atoms with E-state index in [2.05, 4.69) is 4.98 Å². The number of hydrogen-bond acceptors (Lipinski definition) is 3. The van der Waals surface area contributed by atoms with Gasteiger partial charge in [-0.3, -0.25) is 9.79 Å². The fraction of sp³-hybridized carbons (Fsp3) is 0.0870. The van der Waals surface area contributed by atoms with Crippen molar-refractivity contribution in [1.82, 2.24) is 4.98 Å². The molecule has 2 aliphatic rings. The minimum absolute atomic E-state index is 0.0432. The van der Waals surface area contributed by atoms with Gasteiger partial charge in [0.25, 0.3) is 5.91 Å². The fourth-order valence-electron chi connectivity index (χ4n) is 3.65. The first kappa shape index (κ1) is 16.9. The number of aromatic nitrogens is 1. The Bertz CT molecular complexity index is 1120. The minimum Gasteiger partial charge on any atom is -0.271 e. The summed E-state index contributed by atoms with van der Waals surface area (Å²) < 4.78 is 0. The topological polar surface area (TPSA) is 45.6 Å². The van der Waals surface area contributed by atoms with Gasteiger partial charge in [-0.25, -0.2) is 9.88 Å². The second-order valence-corrected chi connectivity index (χ2v) is 7.25. The molecule has 28 heavy (non-hydrogen) atoms. The summed E-state index contributed by atoms with van der Waals surface area (Å²) in [5, 5.41) is 0.672. The lowest BCUT2D eigenvalue weighted by atomic mass is 9.98. The van der Waals surface area contributed by atoms with E-state index in [1.165, 1.54) is 0 Å². The average Bonchev–Trinajstić information content (AvgIpc) is 3.05. The van der Waals surface area contributed by atoms with Gasteiger partial charge in [0.2, 0.25) is 0 Å². The number of rotatable bonds is 3. The van der Waals surface area contributed by atoms with E-state index in [1.54, 1.807) is 11.1 Å². The Balaban J connectivity index is 1.61. The minimum atomic E-state index is -0.457. The molecule has 2 aliphatic heterocycles. The summed E-state index contributed by atoms with van der Waals surface area (Å²) in [6.07, 6.45) is 4.31. The maximum absolute atomic E-state index is 13.3. The summed E-state index contributed by atoms with van der Waals surface area (Å²) in [5.74, 6) is 1.25. The van der Waals surface area contributed by atoms with Gasteiger partial charge in [-0.2, -0.15) is 0 Å². The molecule has 1 atom stereocenters. The van der Waals surface area contributed by atoms with E-state index in [-0.39, 0.29) is 5.91 Å². The van der Waals surface area contributed by atoms with E-state index >= 15 is 0 Å². The van der Waals surface area contributed by atoms with E-state index in [0.29, 0.717) is 23.1 Å². The maximum atomic E-state index is 13.3. The normalized spacial score (nSPS) is 17.7. The quantitative estimate of drug-likeness (QED) is 0.659. The molecule has 136 valence electrons. The molecule has 0 fully saturated rings. The van der Waals surface area contributed by atoms with Crippen LogP contribution in [0, 0.1) is 0 Å². The molecule has 3 heterocycles. The molecule has 2 aromatic carbocycles. The summed E-state index contributed by atoms with van der Waals surface area (Å²) in [7, 11) is 0. The molecule has 0 bridgehead atoms. The molecule has 1 amide bonds. The van der Waals surface area contributed by atoms with E-state index in [1.807, 2.05) is 72.8 Å². The second kappa shape index (κ2) is 6.73. The molecule has 1 unspecified atom stereocenters. The number of benzene rings is 2. The number of amidine groups is 1. The Morgan fingerprint density at radius 2 is 1.75 bits per heavy atom. The van der Waals surface area contributed by atoms with Crippen LogP contribution in [-0.2, 0) is 11.2 Å². The molecule has 4 nitrogen and oxygen atoms in total. The second-order valence-electron chi connectivity index (χ2n) is 6.81. The summed E-state index contributed by atoms with van der Waals surface area (Å²) in [6, 6.07) is 20.9. The van der Waals surface area contributed by atoms with Gasteiger partial charge in [-0.05, 0) is 41.5 Å². The van der Waals surface area contributed by atoms with Crippen molar-refractivity contribution in [2.45, 2.75) is 12.5 Å². The zero-order chi connectivity index (χ0) is 19.1. The highest BCUT2D eigenvalue weighted by molar-refractivity contribution is 6.43. The van der Waals surface area contributed by atoms with Crippen molar-refractivity contribution in [2.75, 3.05) is 4.90 Å². The first-order valence-corrected chi connectivity index (χ1v) is 9.47. The Morgan fingerprint density at radius 3 is 2.54 bits per heavy atom. The smallest absolute Gasteiger partial charge is 0.259 e. The van der Waals surface area contributed by atoms with Crippen LogP contribution in [0.5, 0.6) is 0 Å². The van der Waals surface area contributed by atoms with Crippen molar-refractivity contribution >= 4 is 40.8 Å². The molecule has 0 N–H and O–H groups in total. The van der Waals surface area contributed by atoms with Gasteiger partial charge in [0, 0.05) is 28.8 Å². The molecular formula is C23H16ClN3O. The van der Waals surface area contributed by atoms with Crippen LogP contribution in [0.1, 0.15) is 16.7 Å². The van der Waals surface area contributed by atoms with Crippen LogP contribution in [0.3, 0.4) is 0 Å². The largest absolute Gasteiger partial charge is 0.271 e. The first-order valence-electron chi connectivity index (χ1n) is 9.09. The molecule has 0 aliphatic carbocycles. The van der Waals surface area contributed by atoms with E-state index in [4.69, 9.17) is 16.6 Å². The fourth-order valence-corrected chi connectivity index (χ4v) is 3.78. The number of fused-ring (bicyclic) bond motifs is 3. The highest BCUT2D eigenvalue weighted by atomic mass is 35.5. The lowest BCUT2D eigenvalue weighted by Gasteiger charge is -2.26. The standard InChI is InChI=1S/C23H16ClN3O/c24-18-10-8-16(9-11-18)19-14-17-7-4-12-25-21(17)27-22(19)26-20(23(27)28)13-15-5-2-1-3-6-15/h1-12,14,20H,13H2. The summed E-state index contributed by atoms with van der Waals surface area (Å²) >= 11 is 6.06. The van der Waals surface area contributed by atoms with E-state index in [0.717, 1.165) is 22.3 Å². The van der Waals surface area contributed by atoms with E-state index < -0.39 is 6.04 Å². The van der Waals surface area contributed by atoms with Crippen molar-refractivity contribution in [3.05, 3.63) is 94.6 Å². The third-order valence-electron chi connectivity index (χ3n) is 4.99. The number of hydrogen-bond donors (Lipinski definition) is 0. The molecular weight excluding hydrogens is 370 g/mol. The van der Waals surface area contributed by atoms with Gasteiger partial charge in [-0.15, -0.1) is 0 Å². The van der Waals surface area contributed by atoms with Crippen LogP contribution >= 0.6 is 11.6 Å². The molecule has 0 saturated carbocycles. The van der Waals surface area contributed by atoms with Crippen molar-refractivity contribution < 1.29 is 4.79 Å². The molecule has 5 rings (SSSR count). The number of amides is 1. The van der Waals surface area contributed by atoms with Crippen molar-refractivity contribution in [3.63, 3.8) is 0 Å². The van der Waals surface area contributed by atoms with Crippen molar-refractivity contribution in [1.29, 1.82) is 0 Å². The van der Waals surface area contributed by atoms with Crippen LogP contribution < -0.4 is 4.90 Å². The highest BCUT2D eigenvalue weighted by Gasteiger charge is 2.40. The monoisotopic (exact) mass is 385 g/mol. The van der Waals surface area contributed by atoms with Crippen LogP contribution in [0.2, 0.25) is 5.02 Å². The van der Waals surface area contributed by atoms with Gasteiger partial charge in [0.05, 0.1) is 0 Å². The number of carbonyl (C=O) groups is 1. The van der Waals surface area contributed by atoms with Crippen molar-refractivity contribution in [2.24, 2.45) is 4.99 Å².